The lowest BCUT2D eigenvalue weighted by atomic mass is 10.1. The molecule has 0 radical (unpaired) electrons. The molecule has 1 rings (SSSR count). The van der Waals surface area contributed by atoms with Crippen molar-refractivity contribution in [3.8, 4) is 0 Å². The van der Waals surface area contributed by atoms with Crippen LogP contribution in [0.1, 0.15) is 12.0 Å². The van der Waals surface area contributed by atoms with E-state index >= 15 is 0 Å². The molecule has 0 aliphatic heterocycles. The first-order chi connectivity index (χ1) is 4.93. The Balaban J connectivity index is 0. The molecule has 0 unspecified atom stereocenters. The van der Waals surface area contributed by atoms with Crippen molar-refractivity contribution in [3.63, 3.8) is 0 Å². The number of hydrogen-bond acceptors (Lipinski definition) is 2. The predicted octanol–water partition coefficient (Wildman–Crippen LogP) is 2.20. The Morgan fingerprint density at radius 3 is 2.17 bits per heavy atom. The van der Waals surface area contributed by atoms with Crippen molar-refractivity contribution >= 4 is 12.4 Å². The molecule has 0 saturated heterocycles. The second kappa shape index (κ2) is 8.53. The Hall–Kier alpha value is -0.570. The van der Waals surface area contributed by atoms with Crippen LogP contribution in [0.3, 0.4) is 0 Å². The van der Waals surface area contributed by atoms with Crippen molar-refractivity contribution in [2.75, 3.05) is 6.61 Å². The standard InChI is InChI=1S/C9H12O.ClH.H3N/c10-8-4-7-9-5-2-1-3-6-9;;/h1-3,5-6,10H,4,7-8H2;1H;1H3. The van der Waals surface area contributed by atoms with E-state index in [0.717, 1.165) is 12.8 Å². The molecule has 3 heteroatoms. The third-order valence-electron chi connectivity index (χ3n) is 1.47. The van der Waals surface area contributed by atoms with Gasteiger partial charge in [-0.05, 0) is 18.4 Å². The molecule has 0 aromatic heterocycles. The van der Waals surface area contributed by atoms with Crippen molar-refractivity contribution < 1.29 is 5.11 Å². The third-order valence-corrected chi connectivity index (χ3v) is 1.47. The summed E-state index contributed by atoms with van der Waals surface area (Å²) in [7, 11) is 0. The molecule has 0 heterocycles. The molecule has 0 spiro atoms. The molecule has 0 atom stereocenters. The largest absolute Gasteiger partial charge is 0.396 e. The normalized spacial score (nSPS) is 8.08. The smallest absolute Gasteiger partial charge is 0.0434 e. The SMILES string of the molecule is Cl.N.OCCCc1ccccc1. The van der Waals surface area contributed by atoms with E-state index in [1.165, 1.54) is 5.56 Å². The first kappa shape index (κ1) is 14.0. The van der Waals surface area contributed by atoms with E-state index in [1.54, 1.807) is 0 Å². The second-order valence-electron chi connectivity index (χ2n) is 2.31. The van der Waals surface area contributed by atoms with Crippen LogP contribution in [0, 0.1) is 0 Å². The van der Waals surface area contributed by atoms with E-state index in [4.69, 9.17) is 5.11 Å². The topological polar surface area (TPSA) is 55.2 Å². The van der Waals surface area contributed by atoms with Gasteiger partial charge < -0.3 is 11.3 Å². The van der Waals surface area contributed by atoms with Gasteiger partial charge in [-0.2, -0.15) is 0 Å². The zero-order chi connectivity index (χ0) is 7.23. The van der Waals surface area contributed by atoms with Crippen LogP contribution in [0.2, 0.25) is 0 Å². The first-order valence-electron chi connectivity index (χ1n) is 3.58. The number of rotatable bonds is 3. The summed E-state index contributed by atoms with van der Waals surface area (Å²) in [6.07, 6.45) is 1.85. The molecule has 1 aromatic rings. The number of hydrogen-bond donors (Lipinski definition) is 2. The van der Waals surface area contributed by atoms with Gasteiger partial charge in [0.2, 0.25) is 0 Å². The lowest BCUT2D eigenvalue weighted by molar-refractivity contribution is 0.288. The van der Waals surface area contributed by atoms with E-state index in [2.05, 4.69) is 12.1 Å². The second-order valence-corrected chi connectivity index (χ2v) is 2.31. The minimum Gasteiger partial charge on any atom is -0.396 e. The highest BCUT2D eigenvalue weighted by molar-refractivity contribution is 5.85. The Morgan fingerprint density at radius 2 is 1.67 bits per heavy atom. The highest BCUT2D eigenvalue weighted by Crippen LogP contribution is 2.00. The predicted molar refractivity (Wildman–Crippen MR) is 54.1 cm³/mol. The average Bonchev–Trinajstić information content (AvgIpc) is 2.03. The van der Waals surface area contributed by atoms with Crippen molar-refractivity contribution in [1.29, 1.82) is 0 Å². The first-order valence-corrected chi connectivity index (χ1v) is 3.58. The highest BCUT2D eigenvalue weighted by atomic mass is 35.5. The number of aliphatic hydroxyl groups is 1. The molecule has 12 heavy (non-hydrogen) atoms. The summed E-state index contributed by atoms with van der Waals surface area (Å²) in [5.74, 6) is 0. The van der Waals surface area contributed by atoms with E-state index in [0.29, 0.717) is 0 Å². The fraction of sp³-hybridized carbons (Fsp3) is 0.333. The molecule has 0 aliphatic carbocycles. The summed E-state index contributed by atoms with van der Waals surface area (Å²) < 4.78 is 0. The van der Waals surface area contributed by atoms with Crippen LogP contribution in [0.4, 0.5) is 0 Å². The maximum atomic E-state index is 8.53. The highest BCUT2D eigenvalue weighted by Gasteiger charge is 1.87. The van der Waals surface area contributed by atoms with Gasteiger partial charge in [-0.3, -0.25) is 0 Å². The molecule has 0 fully saturated rings. The minimum absolute atomic E-state index is 0. The van der Waals surface area contributed by atoms with Crippen LogP contribution in [0.15, 0.2) is 30.3 Å². The van der Waals surface area contributed by atoms with Crippen LogP contribution in [-0.2, 0) is 6.42 Å². The van der Waals surface area contributed by atoms with Gasteiger partial charge in [-0.25, -0.2) is 0 Å². The Kier molecular flexibility index (Phi) is 9.93. The Morgan fingerprint density at radius 1 is 1.08 bits per heavy atom. The van der Waals surface area contributed by atoms with Crippen LogP contribution < -0.4 is 6.15 Å². The maximum absolute atomic E-state index is 8.53. The summed E-state index contributed by atoms with van der Waals surface area (Å²) in [6.45, 7) is 0.287. The van der Waals surface area contributed by atoms with Gasteiger partial charge in [0.05, 0.1) is 0 Å². The van der Waals surface area contributed by atoms with Crippen LogP contribution in [-0.4, -0.2) is 11.7 Å². The lowest BCUT2D eigenvalue weighted by Crippen LogP contribution is -1.87. The lowest BCUT2D eigenvalue weighted by Gasteiger charge is -1.96. The molecule has 0 bridgehead atoms. The summed E-state index contributed by atoms with van der Waals surface area (Å²) in [6, 6.07) is 10.2. The van der Waals surface area contributed by atoms with Gasteiger partial charge in [0, 0.05) is 6.61 Å². The van der Waals surface area contributed by atoms with E-state index in [-0.39, 0.29) is 25.2 Å². The van der Waals surface area contributed by atoms with Gasteiger partial charge in [0.1, 0.15) is 0 Å². The Bertz CT molecular complexity index is 179. The van der Waals surface area contributed by atoms with Gasteiger partial charge >= 0.3 is 0 Å². The fourth-order valence-electron chi connectivity index (χ4n) is 0.928. The molecular weight excluding hydrogens is 174 g/mol. The van der Waals surface area contributed by atoms with Crippen molar-refractivity contribution in [2.45, 2.75) is 12.8 Å². The van der Waals surface area contributed by atoms with Gasteiger partial charge in [-0.15, -0.1) is 12.4 Å². The molecule has 0 aliphatic rings. The van der Waals surface area contributed by atoms with Crippen LogP contribution >= 0.6 is 12.4 Å². The summed E-state index contributed by atoms with van der Waals surface area (Å²) in [5.41, 5.74) is 1.30. The van der Waals surface area contributed by atoms with Crippen molar-refractivity contribution in [1.82, 2.24) is 6.15 Å². The van der Waals surface area contributed by atoms with E-state index < -0.39 is 0 Å². The fourth-order valence-corrected chi connectivity index (χ4v) is 0.928. The van der Waals surface area contributed by atoms with Crippen molar-refractivity contribution in [3.05, 3.63) is 35.9 Å². The van der Waals surface area contributed by atoms with Crippen LogP contribution in [0.25, 0.3) is 0 Å². The number of halogens is 1. The van der Waals surface area contributed by atoms with Gasteiger partial charge in [0.25, 0.3) is 0 Å². The number of benzene rings is 1. The molecule has 0 saturated carbocycles. The van der Waals surface area contributed by atoms with Gasteiger partial charge in [-0.1, -0.05) is 30.3 Å². The Labute approximate surface area is 79.6 Å². The zero-order valence-electron chi connectivity index (χ0n) is 7.07. The van der Waals surface area contributed by atoms with Gasteiger partial charge in [0.15, 0.2) is 0 Å². The van der Waals surface area contributed by atoms with Crippen molar-refractivity contribution in [2.24, 2.45) is 0 Å². The quantitative estimate of drug-likeness (QED) is 0.766. The monoisotopic (exact) mass is 189 g/mol. The molecular formula is C9H16ClNO. The number of aryl methyl sites for hydroxylation is 1. The molecule has 0 amide bonds. The minimum atomic E-state index is 0. The summed E-state index contributed by atoms with van der Waals surface area (Å²) in [5, 5.41) is 8.53. The summed E-state index contributed by atoms with van der Waals surface area (Å²) in [4.78, 5) is 0. The third kappa shape index (κ3) is 5.13. The maximum Gasteiger partial charge on any atom is 0.0434 e. The van der Waals surface area contributed by atoms with Crippen LogP contribution in [0.5, 0.6) is 0 Å². The summed E-state index contributed by atoms with van der Waals surface area (Å²) >= 11 is 0. The molecule has 70 valence electrons. The van der Waals surface area contributed by atoms with E-state index in [1.807, 2.05) is 18.2 Å². The molecule has 2 nitrogen and oxygen atoms in total. The number of aliphatic hydroxyl groups excluding tert-OH is 1. The molecule has 4 N–H and O–H groups in total. The average molecular weight is 190 g/mol. The van der Waals surface area contributed by atoms with E-state index in [9.17, 15) is 0 Å². The molecule has 1 aromatic carbocycles. The zero-order valence-corrected chi connectivity index (χ0v) is 7.89.